The summed E-state index contributed by atoms with van der Waals surface area (Å²) < 4.78 is 0. The van der Waals surface area contributed by atoms with E-state index < -0.39 is 0 Å². The smallest absolute Gasteiger partial charge is 0.0637 e. The number of rotatable bonds is 4. The first-order valence-electron chi connectivity index (χ1n) is 3.33. The van der Waals surface area contributed by atoms with Crippen molar-refractivity contribution in [2.24, 2.45) is 5.73 Å². The van der Waals surface area contributed by atoms with Gasteiger partial charge in [-0.05, 0) is 13.3 Å². The van der Waals surface area contributed by atoms with E-state index in [2.05, 4.69) is 5.32 Å². The Morgan fingerprint density at radius 1 is 1.67 bits per heavy atom. The first kappa shape index (κ1) is 8.88. The van der Waals surface area contributed by atoms with Crippen LogP contribution in [0.3, 0.4) is 0 Å². The summed E-state index contributed by atoms with van der Waals surface area (Å²) in [7, 11) is 0. The lowest BCUT2D eigenvalue weighted by molar-refractivity contribution is 0.186. The van der Waals surface area contributed by atoms with Crippen molar-refractivity contribution in [1.82, 2.24) is 5.32 Å². The van der Waals surface area contributed by atoms with Crippen molar-refractivity contribution in [3.63, 3.8) is 0 Å². The van der Waals surface area contributed by atoms with E-state index in [1.54, 1.807) is 6.92 Å². The molecule has 2 atom stereocenters. The summed E-state index contributed by atoms with van der Waals surface area (Å²) in [5.74, 6) is 0. The molecule has 4 N–H and O–H groups in total. The molecule has 0 spiro atoms. The molecule has 0 bridgehead atoms. The Morgan fingerprint density at radius 3 is 2.56 bits per heavy atom. The zero-order chi connectivity index (χ0) is 7.28. The van der Waals surface area contributed by atoms with Crippen molar-refractivity contribution in [2.45, 2.75) is 32.5 Å². The standard InChI is InChI=1S/C6H16N2O/c1-3-6(7)8-4-5(2)9/h5-6,8-9H,3-4,7H2,1-2H3. The van der Waals surface area contributed by atoms with Gasteiger partial charge in [-0.15, -0.1) is 0 Å². The Balaban J connectivity index is 3.06. The van der Waals surface area contributed by atoms with Gasteiger partial charge in [-0.2, -0.15) is 0 Å². The molecule has 9 heavy (non-hydrogen) atoms. The van der Waals surface area contributed by atoms with Gasteiger partial charge in [0.05, 0.1) is 12.3 Å². The minimum absolute atomic E-state index is 0.0274. The monoisotopic (exact) mass is 132 g/mol. The van der Waals surface area contributed by atoms with Gasteiger partial charge in [0.2, 0.25) is 0 Å². The van der Waals surface area contributed by atoms with Crippen LogP contribution in [0.2, 0.25) is 0 Å². The zero-order valence-corrected chi connectivity index (χ0v) is 6.09. The third-order valence-corrected chi connectivity index (χ3v) is 1.12. The van der Waals surface area contributed by atoms with Gasteiger partial charge in [0.1, 0.15) is 0 Å². The molecular weight excluding hydrogens is 116 g/mol. The normalized spacial score (nSPS) is 17.3. The van der Waals surface area contributed by atoms with Gasteiger partial charge >= 0.3 is 0 Å². The fourth-order valence-corrected chi connectivity index (χ4v) is 0.466. The second-order valence-corrected chi connectivity index (χ2v) is 2.27. The lowest BCUT2D eigenvalue weighted by Gasteiger charge is -2.11. The fraction of sp³-hybridized carbons (Fsp3) is 1.00. The molecule has 0 aromatic heterocycles. The fourth-order valence-electron chi connectivity index (χ4n) is 0.466. The Kier molecular flexibility index (Phi) is 4.67. The first-order valence-corrected chi connectivity index (χ1v) is 3.33. The summed E-state index contributed by atoms with van der Waals surface area (Å²) in [6.07, 6.45) is 0.620. The summed E-state index contributed by atoms with van der Waals surface area (Å²) in [5.41, 5.74) is 5.50. The van der Waals surface area contributed by atoms with Gasteiger partial charge in [0.25, 0.3) is 0 Å². The van der Waals surface area contributed by atoms with E-state index in [0.717, 1.165) is 6.42 Å². The van der Waals surface area contributed by atoms with Crippen LogP contribution in [0.25, 0.3) is 0 Å². The molecule has 3 heteroatoms. The molecule has 0 saturated heterocycles. The molecule has 0 aliphatic rings. The number of aliphatic hydroxyl groups is 1. The van der Waals surface area contributed by atoms with Crippen LogP contribution in [0.5, 0.6) is 0 Å². The second kappa shape index (κ2) is 4.73. The molecule has 3 nitrogen and oxygen atoms in total. The highest BCUT2D eigenvalue weighted by molar-refractivity contribution is 4.58. The minimum Gasteiger partial charge on any atom is -0.392 e. The number of aliphatic hydroxyl groups excluding tert-OH is 1. The first-order chi connectivity index (χ1) is 4.16. The van der Waals surface area contributed by atoms with Gasteiger partial charge in [-0.25, -0.2) is 0 Å². The van der Waals surface area contributed by atoms with E-state index in [1.165, 1.54) is 0 Å². The summed E-state index contributed by atoms with van der Waals surface area (Å²) in [5, 5.41) is 11.7. The maximum absolute atomic E-state index is 8.78. The van der Waals surface area contributed by atoms with E-state index >= 15 is 0 Å². The summed E-state index contributed by atoms with van der Waals surface area (Å²) in [6.45, 7) is 4.31. The Labute approximate surface area is 56.2 Å². The maximum Gasteiger partial charge on any atom is 0.0637 e. The van der Waals surface area contributed by atoms with Crippen molar-refractivity contribution in [3.8, 4) is 0 Å². The van der Waals surface area contributed by atoms with Crippen LogP contribution >= 0.6 is 0 Å². The van der Waals surface area contributed by atoms with E-state index in [1.807, 2.05) is 6.92 Å². The molecule has 0 aromatic carbocycles. The molecular formula is C6H16N2O. The van der Waals surface area contributed by atoms with Crippen molar-refractivity contribution in [2.75, 3.05) is 6.54 Å². The van der Waals surface area contributed by atoms with Crippen LogP contribution in [-0.4, -0.2) is 23.9 Å². The van der Waals surface area contributed by atoms with Gasteiger partial charge in [-0.3, -0.25) is 5.32 Å². The molecule has 0 heterocycles. The average Bonchev–Trinajstić information content (AvgIpc) is 1.83. The van der Waals surface area contributed by atoms with E-state index in [0.29, 0.717) is 6.54 Å². The third kappa shape index (κ3) is 5.76. The van der Waals surface area contributed by atoms with Gasteiger partial charge < -0.3 is 10.8 Å². The molecule has 0 aliphatic carbocycles. The van der Waals surface area contributed by atoms with Crippen molar-refractivity contribution >= 4 is 0 Å². The number of hydrogen-bond donors (Lipinski definition) is 3. The molecule has 0 radical (unpaired) electrons. The van der Waals surface area contributed by atoms with Crippen LogP contribution in [0.4, 0.5) is 0 Å². The Morgan fingerprint density at radius 2 is 2.22 bits per heavy atom. The van der Waals surface area contributed by atoms with Crippen LogP contribution in [-0.2, 0) is 0 Å². The average molecular weight is 132 g/mol. The van der Waals surface area contributed by atoms with Gasteiger partial charge in [0, 0.05) is 6.54 Å². The predicted octanol–water partition coefficient (Wildman–Crippen LogP) is -0.348. The summed E-state index contributed by atoms with van der Waals surface area (Å²) >= 11 is 0. The summed E-state index contributed by atoms with van der Waals surface area (Å²) in [6, 6.07) is 0. The van der Waals surface area contributed by atoms with Crippen LogP contribution in [0.15, 0.2) is 0 Å². The molecule has 56 valence electrons. The SMILES string of the molecule is CCC(N)NCC(C)O. The van der Waals surface area contributed by atoms with E-state index in [-0.39, 0.29) is 12.3 Å². The zero-order valence-electron chi connectivity index (χ0n) is 6.09. The predicted molar refractivity (Wildman–Crippen MR) is 37.9 cm³/mol. The topological polar surface area (TPSA) is 58.3 Å². The van der Waals surface area contributed by atoms with Crippen molar-refractivity contribution in [1.29, 1.82) is 0 Å². The highest BCUT2D eigenvalue weighted by atomic mass is 16.3. The number of nitrogens with one attached hydrogen (secondary N) is 1. The summed E-state index contributed by atoms with van der Waals surface area (Å²) in [4.78, 5) is 0. The molecule has 2 unspecified atom stereocenters. The van der Waals surface area contributed by atoms with Crippen LogP contribution in [0, 0.1) is 0 Å². The molecule has 0 aromatic rings. The van der Waals surface area contributed by atoms with E-state index in [4.69, 9.17) is 10.8 Å². The van der Waals surface area contributed by atoms with E-state index in [9.17, 15) is 0 Å². The van der Waals surface area contributed by atoms with Gasteiger partial charge in [-0.1, -0.05) is 6.92 Å². The second-order valence-electron chi connectivity index (χ2n) is 2.27. The molecule has 0 saturated carbocycles. The molecule has 0 fully saturated rings. The molecule has 0 aliphatic heterocycles. The molecule has 0 rings (SSSR count). The van der Waals surface area contributed by atoms with Gasteiger partial charge in [0.15, 0.2) is 0 Å². The van der Waals surface area contributed by atoms with Crippen LogP contribution in [0.1, 0.15) is 20.3 Å². The highest BCUT2D eigenvalue weighted by Crippen LogP contribution is 1.81. The quantitative estimate of drug-likeness (QED) is 0.458. The molecule has 0 amide bonds. The Hall–Kier alpha value is -0.120. The lowest BCUT2D eigenvalue weighted by Crippen LogP contribution is -2.40. The third-order valence-electron chi connectivity index (χ3n) is 1.12. The number of hydrogen-bond acceptors (Lipinski definition) is 3. The Bertz CT molecular complexity index is 66.1. The lowest BCUT2D eigenvalue weighted by atomic mass is 10.3. The highest BCUT2D eigenvalue weighted by Gasteiger charge is 1.98. The van der Waals surface area contributed by atoms with Crippen molar-refractivity contribution in [3.05, 3.63) is 0 Å². The minimum atomic E-state index is -0.303. The van der Waals surface area contributed by atoms with Crippen molar-refractivity contribution < 1.29 is 5.11 Å². The van der Waals surface area contributed by atoms with Crippen LogP contribution < -0.4 is 11.1 Å². The maximum atomic E-state index is 8.78. The number of nitrogens with two attached hydrogens (primary N) is 1. The largest absolute Gasteiger partial charge is 0.392 e.